The van der Waals surface area contributed by atoms with Gasteiger partial charge in [0.25, 0.3) is 0 Å². The standard InChI is InChI=1S/C27H46O2/c1-3-5-7-9-11-12-13-15-17-21-24(20-16-14-10-8-6-4-2)25-22-18-19-23-26(25)27(28)29/h18-19,22-24H,3-17,20-21H2,1-2H3,(H,28,29). The molecular formula is C27H46O2. The van der Waals surface area contributed by atoms with Crippen molar-refractivity contribution in [1.29, 1.82) is 0 Å². The Hall–Kier alpha value is -1.31. The van der Waals surface area contributed by atoms with Crippen LogP contribution in [0.2, 0.25) is 0 Å². The van der Waals surface area contributed by atoms with E-state index in [2.05, 4.69) is 19.9 Å². The van der Waals surface area contributed by atoms with Crippen LogP contribution in [0.15, 0.2) is 24.3 Å². The lowest BCUT2D eigenvalue weighted by molar-refractivity contribution is 0.0695. The van der Waals surface area contributed by atoms with E-state index < -0.39 is 5.97 Å². The Balaban J connectivity index is 2.44. The Kier molecular flexibility index (Phi) is 15.6. The van der Waals surface area contributed by atoms with Crippen LogP contribution < -0.4 is 0 Å². The first-order valence-electron chi connectivity index (χ1n) is 12.5. The van der Waals surface area contributed by atoms with Crippen LogP contribution in [-0.4, -0.2) is 11.1 Å². The van der Waals surface area contributed by atoms with Crippen LogP contribution in [0.1, 0.15) is 145 Å². The van der Waals surface area contributed by atoms with Gasteiger partial charge in [-0.15, -0.1) is 0 Å². The number of rotatable bonds is 19. The predicted octanol–water partition coefficient (Wildman–Crippen LogP) is 9.14. The summed E-state index contributed by atoms with van der Waals surface area (Å²) in [5.74, 6) is -0.376. The molecule has 0 amide bonds. The van der Waals surface area contributed by atoms with Crippen LogP contribution in [0.4, 0.5) is 0 Å². The Bertz CT molecular complexity index is 523. The van der Waals surface area contributed by atoms with Gasteiger partial charge in [0.1, 0.15) is 0 Å². The Morgan fingerprint density at radius 3 is 1.55 bits per heavy atom. The second kappa shape index (κ2) is 17.5. The molecule has 0 aliphatic rings. The van der Waals surface area contributed by atoms with E-state index in [1.54, 1.807) is 6.07 Å². The fourth-order valence-electron chi connectivity index (χ4n) is 4.38. The van der Waals surface area contributed by atoms with Gasteiger partial charge in [-0.1, -0.05) is 128 Å². The van der Waals surface area contributed by atoms with Crippen molar-refractivity contribution in [1.82, 2.24) is 0 Å². The average molecular weight is 403 g/mol. The molecule has 0 aliphatic heterocycles. The zero-order chi connectivity index (χ0) is 21.2. The molecule has 1 rings (SSSR count). The van der Waals surface area contributed by atoms with Crippen molar-refractivity contribution in [2.24, 2.45) is 0 Å². The second-order valence-electron chi connectivity index (χ2n) is 8.76. The van der Waals surface area contributed by atoms with Crippen LogP contribution in [0.25, 0.3) is 0 Å². The maximum atomic E-state index is 11.7. The molecule has 0 spiro atoms. The topological polar surface area (TPSA) is 37.3 Å². The summed E-state index contributed by atoms with van der Waals surface area (Å²) in [6.45, 7) is 4.52. The van der Waals surface area contributed by atoms with E-state index in [1.807, 2.05) is 12.1 Å². The summed E-state index contributed by atoms with van der Waals surface area (Å²) in [5.41, 5.74) is 1.58. The number of carboxylic acids is 1. The van der Waals surface area contributed by atoms with Gasteiger partial charge in [-0.3, -0.25) is 0 Å². The first kappa shape index (κ1) is 25.7. The lowest BCUT2D eigenvalue weighted by Crippen LogP contribution is -2.08. The molecule has 2 heteroatoms. The predicted molar refractivity (Wildman–Crippen MR) is 126 cm³/mol. The number of hydrogen-bond acceptors (Lipinski definition) is 1. The molecule has 0 fully saturated rings. The largest absolute Gasteiger partial charge is 0.478 e. The minimum absolute atomic E-state index is 0.401. The van der Waals surface area contributed by atoms with E-state index in [1.165, 1.54) is 96.3 Å². The number of carboxylic acid groups (broad SMARTS) is 1. The zero-order valence-electron chi connectivity index (χ0n) is 19.3. The van der Waals surface area contributed by atoms with Crippen molar-refractivity contribution >= 4 is 5.97 Å². The monoisotopic (exact) mass is 402 g/mol. The molecule has 0 saturated heterocycles. The molecule has 1 aromatic carbocycles. The molecular weight excluding hydrogens is 356 g/mol. The van der Waals surface area contributed by atoms with Gasteiger partial charge < -0.3 is 5.11 Å². The Morgan fingerprint density at radius 1 is 0.690 bits per heavy atom. The van der Waals surface area contributed by atoms with Gasteiger partial charge in [0, 0.05) is 0 Å². The lowest BCUT2D eigenvalue weighted by atomic mass is 9.85. The molecule has 0 aromatic heterocycles. The van der Waals surface area contributed by atoms with Gasteiger partial charge in [0.05, 0.1) is 5.56 Å². The number of carbonyl (C=O) groups is 1. The minimum atomic E-state index is -0.777. The van der Waals surface area contributed by atoms with Crippen molar-refractivity contribution in [2.45, 2.75) is 129 Å². The number of unbranched alkanes of at least 4 members (excludes halogenated alkanes) is 13. The number of hydrogen-bond donors (Lipinski definition) is 1. The summed E-state index contributed by atoms with van der Waals surface area (Å²) >= 11 is 0. The van der Waals surface area contributed by atoms with Crippen LogP contribution in [0.3, 0.4) is 0 Å². The molecule has 1 aromatic rings. The van der Waals surface area contributed by atoms with Crippen molar-refractivity contribution in [3.05, 3.63) is 35.4 Å². The molecule has 0 aliphatic carbocycles. The summed E-state index contributed by atoms with van der Waals surface area (Å²) < 4.78 is 0. The third-order valence-corrected chi connectivity index (χ3v) is 6.19. The third-order valence-electron chi connectivity index (χ3n) is 6.19. The zero-order valence-corrected chi connectivity index (χ0v) is 19.3. The molecule has 1 unspecified atom stereocenters. The first-order valence-corrected chi connectivity index (χ1v) is 12.5. The van der Waals surface area contributed by atoms with Crippen LogP contribution in [0.5, 0.6) is 0 Å². The van der Waals surface area contributed by atoms with E-state index in [-0.39, 0.29) is 0 Å². The van der Waals surface area contributed by atoms with E-state index in [4.69, 9.17) is 0 Å². The van der Waals surface area contributed by atoms with Crippen molar-refractivity contribution < 1.29 is 9.90 Å². The van der Waals surface area contributed by atoms with Crippen molar-refractivity contribution in [3.8, 4) is 0 Å². The van der Waals surface area contributed by atoms with E-state index in [0.29, 0.717) is 11.5 Å². The smallest absolute Gasteiger partial charge is 0.335 e. The summed E-state index contributed by atoms with van der Waals surface area (Å²) in [7, 11) is 0. The average Bonchev–Trinajstić information content (AvgIpc) is 2.73. The highest BCUT2D eigenvalue weighted by Crippen LogP contribution is 2.31. The van der Waals surface area contributed by atoms with Gasteiger partial charge >= 0.3 is 5.97 Å². The van der Waals surface area contributed by atoms with E-state index >= 15 is 0 Å². The van der Waals surface area contributed by atoms with E-state index in [9.17, 15) is 9.90 Å². The normalized spacial score (nSPS) is 12.2. The summed E-state index contributed by atoms with van der Waals surface area (Å²) in [6.07, 6.45) is 22.1. The van der Waals surface area contributed by atoms with Crippen LogP contribution >= 0.6 is 0 Å². The van der Waals surface area contributed by atoms with E-state index in [0.717, 1.165) is 18.4 Å². The summed E-state index contributed by atoms with van der Waals surface area (Å²) in [5, 5.41) is 9.61. The van der Waals surface area contributed by atoms with Gasteiger partial charge in [-0.25, -0.2) is 4.79 Å². The SMILES string of the molecule is CCCCCCCCCCCC(CCCCCCCC)c1ccccc1C(=O)O. The highest BCUT2D eigenvalue weighted by atomic mass is 16.4. The minimum Gasteiger partial charge on any atom is -0.478 e. The van der Waals surface area contributed by atoms with Gasteiger partial charge in [0.2, 0.25) is 0 Å². The molecule has 29 heavy (non-hydrogen) atoms. The van der Waals surface area contributed by atoms with Crippen molar-refractivity contribution in [3.63, 3.8) is 0 Å². The molecule has 166 valence electrons. The Labute approximate surface area is 180 Å². The molecule has 1 atom stereocenters. The highest BCUT2D eigenvalue weighted by Gasteiger charge is 2.18. The summed E-state index contributed by atoms with van der Waals surface area (Å²) in [6, 6.07) is 7.70. The first-order chi connectivity index (χ1) is 14.2. The third kappa shape index (κ3) is 12.1. The fourth-order valence-corrected chi connectivity index (χ4v) is 4.38. The molecule has 2 nitrogen and oxygen atoms in total. The van der Waals surface area contributed by atoms with Crippen LogP contribution in [-0.2, 0) is 0 Å². The molecule has 0 radical (unpaired) electrons. The van der Waals surface area contributed by atoms with Crippen LogP contribution in [0, 0.1) is 0 Å². The molecule has 0 saturated carbocycles. The van der Waals surface area contributed by atoms with Gasteiger partial charge in [-0.2, -0.15) is 0 Å². The maximum Gasteiger partial charge on any atom is 0.335 e. The lowest BCUT2D eigenvalue weighted by Gasteiger charge is -2.19. The highest BCUT2D eigenvalue weighted by molar-refractivity contribution is 5.89. The quantitative estimate of drug-likeness (QED) is 0.234. The Morgan fingerprint density at radius 2 is 1.10 bits per heavy atom. The summed E-state index contributed by atoms with van der Waals surface area (Å²) in [4.78, 5) is 11.7. The number of benzene rings is 1. The van der Waals surface area contributed by atoms with Gasteiger partial charge in [0.15, 0.2) is 0 Å². The second-order valence-corrected chi connectivity index (χ2v) is 8.76. The molecule has 1 N–H and O–H groups in total. The van der Waals surface area contributed by atoms with Crippen molar-refractivity contribution in [2.75, 3.05) is 0 Å². The van der Waals surface area contributed by atoms with Gasteiger partial charge in [-0.05, 0) is 30.4 Å². The fraction of sp³-hybridized carbons (Fsp3) is 0.741. The molecule has 0 bridgehead atoms. The number of aromatic carboxylic acids is 1. The maximum absolute atomic E-state index is 11.7. The molecule has 0 heterocycles.